The number of pyridine rings is 1. The summed E-state index contributed by atoms with van der Waals surface area (Å²) in [7, 11) is 3.54. The van der Waals surface area contributed by atoms with Gasteiger partial charge in [0.1, 0.15) is 23.1 Å². The molecule has 10 heteroatoms. The molecule has 0 bridgehead atoms. The molecule has 0 fully saturated rings. The van der Waals surface area contributed by atoms with Crippen LogP contribution in [0.5, 0.6) is 0 Å². The molecule has 0 aliphatic rings. The van der Waals surface area contributed by atoms with E-state index in [1.54, 1.807) is 32.6 Å². The maximum absolute atomic E-state index is 9.32. The predicted molar refractivity (Wildman–Crippen MR) is 96.1 cm³/mol. The highest BCUT2D eigenvalue weighted by Crippen LogP contribution is 2.31. The van der Waals surface area contributed by atoms with Crippen molar-refractivity contribution >= 4 is 23.1 Å². The smallest absolute Gasteiger partial charge is 0.252 e. The van der Waals surface area contributed by atoms with Gasteiger partial charge < -0.3 is 10.6 Å². The number of aryl methyl sites for hydroxylation is 1. The van der Waals surface area contributed by atoms with Crippen molar-refractivity contribution in [1.29, 1.82) is 5.26 Å². The first-order valence-corrected chi connectivity index (χ1v) is 7.72. The maximum atomic E-state index is 9.32. The minimum Gasteiger partial charge on any atom is -0.373 e. The highest BCUT2D eigenvalue weighted by atomic mass is 15.4. The van der Waals surface area contributed by atoms with Gasteiger partial charge in [0, 0.05) is 26.5 Å². The molecule has 10 nitrogen and oxygen atoms in total. The van der Waals surface area contributed by atoms with Crippen molar-refractivity contribution in [3.05, 3.63) is 41.9 Å². The van der Waals surface area contributed by atoms with Crippen LogP contribution < -0.4 is 10.6 Å². The first kappa shape index (κ1) is 17.0. The normalized spacial score (nSPS) is 10.7. The minimum absolute atomic E-state index is 0.248. The summed E-state index contributed by atoms with van der Waals surface area (Å²) in [4.78, 5) is 12.7. The van der Waals surface area contributed by atoms with Crippen LogP contribution in [-0.4, -0.2) is 38.8 Å². The van der Waals surface area contributed by atoms with Crippen molar-refractivity contribution in [2.45, 2.75) is 6.92 Å². The molecular weight excluding hydrogens is 332 g/mol. The highest BCUT2D eigenvalue weighted by molar-refractivity contribution is 5.68. The Morgan fingerprint density at radius 2 is 1.92 bits per heavy atom. The molecule has 0 saturated heterocycles. The summed E-state index contributed by atoms with van der Waals surface area (Å²) in [5, 5.41) is 28.0. The summed E-state index contributed by atoms with van der Waals surface area (Å²) in [6.07, 6.45) is 4.57. The molecule has 3 aromatic heterocycles. The van der Waals surface area contributed by atoms with Crippen LogP contribution in [0.15, 0.2) is 41.0 Å². The van der Waals surface area contributed by atoms with E-state index in [0.717, 1.165) is 5.56 Å². The van der Waals surface area contributed by atoms with Crippen molar-refractivity contribution in [3.63, 3.8) is 0 Å². The van der Waals surface area contributed by atoms with Crippen molar-refractivity contribution in [1.82, 2.24) is 24.7 Å². The molecule has 0 aliphatic heterocycles. The van der Waals surface area contributed by atoms with E-state index in [0.29, 0.717) is 23.3 Å². The third kappa shape index (κ3) is 3.18. The van der Waals surface area contributed by atoms with Crippen LogP contribution in [0.4, 0.5) is 23.1 Å². The van der Waals surface area contributed by atoms with Crippen LogP contribution >= 0.6 is 0 Å². The Morgan fingerprint density at radius 1 is 1.15 bits per heavy atom. The van der Waals surface area contributed by atoms with Gasteiger partial charge in [-0.25, -0.2) is 15.0 Å². The number of azo groups is 1. The van der Waals surface area contributed by atoms with Gasteiger partial charge >= 0.3 is 0 Å². The van der Waals surface area contributed by atoms with Crippen LogP contribution in [0.1, 0.15) is 11.1 Å². The summed E-state index contributed by atoms with van der Waals surface area (Å²) >= 11 is 0. The number of nitriles is 1. The zero-order valence-electron chi connectivity index (χ0n) is 14.5. The van der Waals surface area contributed by atoms with E-state index in [4.69, 9.17) is 0 Å². The van der Waals surface area contributed by atoms with Crippen LogP contribution in [0.3, 0.4) is 0 Å². The topological polar surface area (TPSA) is 129 Å². The second-order valence-corrected chi connectivity index (χ2v) is 5.18. The molecule has 0 radical (unpaired) electrons. The van der Waals surface area contributed by atoms with Gasteiger partial charge in [0.2, 0.25) is 0 Å². The SMILES string of the molecule is CNc1cc(C)c(N=Nc2c(C#N)cnn2-c2ncccn2)c(NC)n1. The van der Waals surface area contributed by atoms with Gasteiger partial charge in [0.05, 0.1) is 6.20 Å². The van der Waals surface area contributed by atoms with Gasteiger partial charge in [-0.1, -0.05) is 0 Å². The molecule has 26 heavy (non-hydrogen) atoms. The Balaban J connectivity index is 2.08. The summed E-state index contributed by atoms with van der Waals surface area (Å²) < 4.78 is 1.37. The largest absolute Gasteiger partial charge is 0.373 e. The number of hydrogen-bond acceptors (Lipinski definition) is 9. The van der Waals surface area contributed by atoms with Crippen LogP contribution in [0.2, 0.25) is 0 Å². The average molecular weight is 348 g/mol. The van der Waals surface area contributed by atoms with Crippen molar-refractivity contribution < 1.29 is 0 Å². The lowest BCUT2D eigenvalue weighted by Crippen LogP contribution is -2.01. The van der Waals surface area contributed by atoms with E-state index < -0.39 is 0 Å². The molecule has 0 aromatic carbocycles. The van der Waals surface area contributed by atoms with E-state index in [1.165, 1.54) is 10.9 Å². The fourth-order valence-electron chi connectivity index (χ4n) is 2.26. The number of nitrogens with zero attached hydrogens (tertiary/aromatic N) is 8. The summed E-state index contributed by atoms with van der Waals surface area (Å²) in [5.74, 6) is 1.83. The molecule has 0 amide bonds. The molecular formula is C16H16N10. The van der Waals surface area contributed by atoms with Crippen molar-refractivity contribution in [2.24, 2.45) is 10.2 Å². The average Bonchev–Trinajstić information content (AvgIpc) is 3.10. The lowest BCUT2D eigenvalue weighted by atomic mass is 10.2. The Labute approximate surface area is 149 Å². The molecule has 2 N–H and O–H groups in total. The van der Waals surface area contributed by atoms with Gasteiger partial charge in [-0.3, -0.25) is 0 Å². The lowest BCUT2D eigenvalue weighted by Gasteiger charge is -2.09. The number of hydrogen-bond donors (Lipinski definition) is 2. The number of rotatable bonds is 5. The number of aromatic nitrogens is 5. The molecule has 0 spiro atoms. The Hall–Kier alpha value is -3.87. The van der Waals surface area contributed by atoms with Crippen LogP contribution in [0, 0.1) is 18.3 Å². The standard InChI is InChI=1S/C16H16N10/c1-10-7-12(18-2)23-14(19-3)13(10)24-25-15-11(8-17)9-22-26(15)16-20-5-4-6-21-16/h4-7,9H,1-3H3,(H2,18,19,23). The Kier molecular flexibility index (Phi) is 4.80. The first-order chi connectivity index (χ1) is 12.7. The van der Waals surface area contributed by atoms with E-state index in [-0.39, 0.29) is 11.4 Å². The third-order valence-corrected chi connectivity index (χ3v) is 3.53. The van der Waals surface area contributed by atoms with Gasteiger partial charge in [-0.05, 0) is 24.6 Å². The molecule has 130 valence electrons. The molecule has 3 rings (SSSR count). The highest BCUT2D eigenvalue weighted by Gasteiger charge is 2.15. The summed E-state index contributed by atoms with van der Waals surface area (Å²) in [6, 6.07) is 5.60. The van der Waals surface area contributed by atoms with Gasteiger partial charge in [-0.15, -0.1) is 10.2 Å². The number of anilines is 2. The second kappa shape index (κ2) is 7.35. The van der Waals surface area contributed by atoms with Gasteiger partial charge in [0.25, 0.3) is 5.95 Å². The maximum Gasteiger partial charge on any atom is 0.252 e. The lowest BCUT2D eigenvalue weighted by molar-refractivity contribution is 0.803. The second-order valence-electron chi connectivity index (χ2n) is 5.18. The van der Waals surface area contributed by atoms with Crippen molar-refractivity contribution in [2.75, 3.05) is 24.7 Å². The molecule has 0 saturated carbocycles. The predicted octanol–water partition coefficient (Wildman–Crippen LogP) is 2.74. The van der Waals surface area contributed by atoms with Crippen LogP contribution in [-0.2, 0) is 0 Å². The van der Waals surface area contributed by atoms with Gasteiger partial charge in [-0.2, -0.15) is 15.0 Å². The molecule has 0 unspecified atom stereocenters. The molecule has 0 atom stereocenters. The van der Waals surface area contributed by atoms with Crippen LogP contribution in [0.25, 0.3) is 5.95 Å². The van der Waals surface area contributed by atoms with E-state index in [9.17, 15) is 5.26 Å². The number of nitrogens with one attached hydrogen (secondary N) is 2. The van der Waals surface area contributed by atoms with Crippen molar-refractivity contribution in [3.8, 4) is 12.0 Å². The fraction of sp³-hybridized carbons (Fsp3) is 0.188. The minimum atomic E-state index is 0.248. The summed E-state index contributed by atoms with van der Waals surface area (Å²) in [6.45, 7) is 1.90. The zero-order valence-corrected chi connectivity index (χ0v) is 14.5. The van der Waals surface area contributed by atoms with E-state index in [1.807, 2.05) is 19.1 Å². The third-order valence-electron chi connectivity index (χ3n) is 3.53. The molecule has 0 aliphatic carbocycles. The fourth-order valence-corrected chi connectivity index (χ4v) is 2.26. The Bertz CT molecular complexity index is 984. The summed E-state index contributed by atoms with van der Waals surface area (Å²) in [5.41, 5.74) is 1.71. The quantitative estimate of drug-likeness (QED) is 0.678. The monoisotopic (exact) mass is 348 g/mol. The van der Waals surface area contributed by atoms with E-state index >= 15 is 0 Å². The zero-order chi connectivity index (χ0) is 18.5. The first-order valence-electron chi connectivity index (χ1n) is 7.72. The van der Waals surface area contributed by atoms with E-state index in [2.05, 4.69) is 40.9 Å². The molecule has 3 aromatic rings. The van der Waals surface area contributed by atoms with Gasteiger partial charge in [0.15, 0.2) is 11.6 Å². The Morgan fingerprint density at radius 3 is 2.58 bits per heavy atom. The molecule has 3 heterocycles.